The summed E-state index contributed by atoms with van der Waals surface area (Å²) in [6, 6.07) is 12.4. The predicted molar refractivity (Wildman–Crippen MR) is 91.9 cm³/mol. The monoisotopic (exact) mass is 381 g/mol. The Balaban J connectivity index is 1.95. The maximum absolute atomic E-state index is 12.9. The van der Waals surface area contributed by atoms with Gasteiger partial charge in [-0.25, -0.2) is 8.42 Å². The number of hydrogen-bond acceptors (Lipinski definition) is 4. The van der Waals surface area contributed by atoms with Gasteiger partial charge in [-0.1, -0.05) is 24.3 Å². The molecule has 0 spiro atoms. The zero-order valence-corrected chi connectivity index (χ0v) is 14.3. The number of aromatic nitrogens is 1. The fourth-order valence-electron chi connectivity index (χ4n) is 2.42. The number of hydrogen-bond donors (Lipinski definition) is 2. The smallest absolute Gasteiger partial charge is 0.307 e. The molecule has 1 aromatic heterocycles. The molecule has 5 nitrogen and oxygen atoms in total. The summed E-state index contributed by atoms with van der Waals surface area (Å²) in [4.78, 5) is 6.38. The molecular formula is C17H14F3N3O2S. The van der Waals surface area contributed by atoms with Gasteiger partial charge in [0.25, 0.3) is 10.0 Å². The fourth-order valence-corrected chi connectivity index (χ4v) is 3.30. The number of pyridine rings is 1. The SMILES string of the molecule is Cc1cc(NNS(=O)(=O)c2ccccc2)c2ccc(C(F)(F)F)cc2n1. The molecule has 0 aliphatic heterocycles. The van der Waals surface area contributed by atoms with E-state index in [1.807, 2.05) is 0 Å². The van der Waals surface area contributed by atoms with Crippen LogP contribution in [0.5, 0.6) is 0 Å². The van der Waals surface area contributed by atoms with Gasteiger partial charge in [-0.15, -0.1) is 4.83 Å². The van der Waals surface area contributed by atoms with Crippen molar-refractivity contribution in [1.29, 1.82) is 0 Å². The lowest BCUT2D eigenvalue weighted by molar-refractivity contribution is -0.137. The molecule has 3 aromatic rings. The minimum Gasteiger partial charge on any atom is -0.307 e. The van der Waals surface area contributed by atoms with E-state index >= 15 is 0 Å². The normalized spacial score (nSPS) is 12.3. The maximum atomic E-state index is 12.9. The van der Waals surface area contributed by atoms with Crippen molar-refractivity contribution in [2.24, 2.45) is 0 Å². The van der Waals surface area contributed by atoms with Crippen molar-refractivity contribution in [3.05, 3.63) is 65.9 Å². The number of nitrogens with zero attached hydrogens (tertiary/aromatic N) is 1. The van der Waals surface area contributed by atoms with E-state index in [-0.39, 0.29) is 10.4 Å². The summed E-state index contributed by atoms with van der Waals surface area (Å²) in [6.45, 7) is 1.61. The lowest BCUT2D eigenvalue weighted by atomic mass is 10.1. The van der Waals surface area contributed by atoms with Crippen LogP contribution < -0.4 is 10.3 Å². The highest BCUT2D eigenvalue weighted by atomic mass is 32.2. The number of rotatable bonds is 4. The van der Waals surface area contributed by atoms with Gasteiger partial charge in [0.1, 0.15) is 0 Å². The lowest BCUT2D eigenvalue weighted by Crippen LogP contribution is -2.29. The van der Waals surface area contributed by atoms with Gasteiger partial charge < -0.3 is 5.43 Å². The van der Waals surface area contributed by atoms with Crippen LogP contribution in [0, 0.1) is 6.92 Å². The Morgan fingerprint density at radius 2 is 1.69 bits per heavy atom. The number of hydrazine groups is 1. The van der Waals surface area contributed by atoms with Crippen molar-refractivity contribution in [1.82, 2.24) is 9.82 Å². The van der Waals surface area contributed by atoms with Crippen LogP contribution in [0.1, 0.15) is 11.3 Å². The molecule has 136 valence electrons. The first kappa shape index (κ1) is 18.2. The van der Waals surface area contributed by atoms with Crippen molar-refractivity contribution >= 4 is 26.6 Å². The third-order valence-corrected chi connectivity index (χ3v) is 4.90. The number of halogens is 3. The van der Waals surface area contributed by atoms with Crippen molar-refractivity contribution in [2.45, 2.75) is 18.0 Å². The van der Waals surface area contributed by atoms with E-state index in [4.69, 9.17) is 0 Å². The highest BCUT2D eigenvalue weighted by Gasteiger charge is 2.30. The topological polar surface area (TPSA) is 71.1 Å². The summed E-state index contributed by atoms with van der Waals surface area (Å²) >= 11 is 0. The highest BCUT2D eigenvalue weighted by Crippen LogP contribution is 2.33. The Kier molecular flexibility index (Phi) is 4.59. The molecule has 0 atom stereocenters. The van der Waals surface area contributed by atoms with Crippen LogP contribution in [-0.4, -0.2) is 13.4 Å². The van der Waals surface area contributed by atoms with E-state index in [2.05, 4.69) is 15.2 Å². The summed E-state index contributed by atoms with van der Waals surface area (Å²) in [6.07, 6.45) is -4.48. The van der Waals surface area contributed by atoms with Gasteiger partial charge in [0, 0.05) is 11.1 Å². The predicted octanol–water partition coefficient (Wildman–Crippen LogP) is 3.87. The number of fused-ring (bicyclic) bond motifs is 1. The number of nitrogens with one attached hydrogen (secondary N) is 2. The second kappa shape index (κ2) is 6.58. The molecule has 0 saturated heterocycles. The van der Waals surface area contributed by atoms with Gasteiger partial charge in [-0.05, 0) is 37.3 Å². The molecule has 1 heterocycles. The number of sulfonamides is 1. The third kappa shape index (κ3) is 3.78. The van der Waals surface area contributed by atoms with Gasteiger partial charge in [-0.3, -0.25) is 4.98 Å². The zero-order chi connectivity index (χ0) is 18.9. The van der Waals surface area contributed by atoms with Crippen LogP contribution in [0.15, 0.2) is 59.5 Å². The van der Waals surface area contributed by atoms with E-state index < -0.39 is 21.8 Å². The largest absolute Gasteiger partial charge is 0.416 e. The van der Waals surface area contributed by atoms with Crippen LogP contribution in [0.2, 0.25) is 0 Å². The van der Waals surface area contributed by atoms with E-state index in [9.17, 15) is 21.6 Å². The minimum atomic E-state index is -4.48. The molecule has 0 aliphatic carbocycles. The first-order valence-corrected chi connectivity index (χ1v) is 8.96. The summed E-state index contributed by atoms with van der Waals surface area (Å²) in [5.74, 6) is 0. The van der Waals surface area contributed by atoms with Crippen molar-refractivity contribution < 1.29 is 21.6 Å². The Bertz CT molecular complexity index is 1050. The molecule has 0 saturated carbocycles. The molecule has 3 rings (SSSR count). The summed E-state index contributed by atoms with van der Waals surface area (Å²) in [7, 11) is -3.83. The molecule has 0 unspecified atom stereocenters. The minimum absolute atomic E-state index is 0.0574. The van der Waals surface area contributed by atoms with Crippen molar-refractivity contribution in [2.75, 3.05) is 5.43 Å². The molecule has 0 bridgehead atoms. The molecule has 9 heteroatoms. The van der Waals surface area contributed by atoms with Crippen LogP contribution in [0.25, 0.3) is 10.9 Å². The summed E-state index contributed by atoms with van der Waals surface area (Å²) in [5, 5.41) is 0.361. The molecular weight excluding hydrogens is 367 g/mol. The summed E-state index contributed by atoms with van der Waals surface area (Å²) < 4.78 is 63.2. The Labute approximate surface area is 147 Å². The number of alkyl halides is 3. The van der Waals surface area contributed by atoms with Gasteiger partial charge >= 0.3 is 6.18 Å². The number of benzene rings is 2. The van der Waals surface area contributed by atoms with E-state index in [0.717, 1.165) is 12.1 Å². The van der Waals surface area contributed by atoms with Gasteiger partial charge in [-0.2, -0.15) is 13.2 Å². The molecule has 0 aliphatic rings. The summed E-state index contributed by atoms with van der Waals surface area (Å²) in [5.41, 5.74) is 2.61. The zero-order valence-electron chi connectivity index (χ0n) is 13.5. The fraction of sp³-hybridized carbons (Fsp3) is 0.118. The molecule has 2 aromatic carbocycles. The third-order valence-electron chi connectivity index (χ3n) is 3.64. The van der Waals surface area contributed by atoms with E-state index in [0.29, 0.717) is 16.8 Å². The highest BCUT2D eigenvalue weighted by molar-refractivity contribution is 7.89. The van der Waals surface area contributed by atoms with E-state index in [1.54, 1.807) is 31.2 Å². The molecule has 0 fully saturated rings. The maximum Gasteiger partial charge on any atom is 0.416 e. The first-order valence-electron chi connectivity index (χ1n) is 7.48. The van der Waals surface area contributed by atoms with Crippen molar-refractivity contribution in [3.8, 4) is 0 Å². The average molecular weight is 381 g/mol. The first-order chi connectivity index (χ1) is 12.2. The van der Waals surface area contributed by atoms with Gasteiger partial charge in [0.05, 0.1) is 21.7 Å². The Morgan fingerprint density at radius 3 is 2.35 bits per heavy atom. The molecule has 0 radical (unpaired) electrons. The van der Waals surface area contributed by atoms with E-state index in [1.165, 1.54) is 18.2 Å². The lowest BCUT2D eigenvalue weighted by Gasteiger charge is -2.14. The van der Waals surface area contributed by atoms with Crippen LogP contribution >= 0.6 is 0 Å². The Morgan fingerprint density at radius 1 is 1.00 bits per heavy atom. The standard InChI is InChI=1S/C17H14F3N3O2S/c1-11-9-16(22-23-26(24,25)13-5-3-2-4-6-13)14-8-7-12(17(18,19)20)10-15(14)21-11/h2-10,23H,1H3,(H,21,22). The second-order valence-corrected chi connectivity index (χ2v) is 7.27. The molecule has 0 amide bonds. The van der Waals surface area contributed by atoms with Crippen LogP contribution in [-0.2, 0) is 16.2 Å². The van der Waals surface area contributed by atoms with Crippen molar-refractivity contribution in [3.63, 3.8) is 0 Å². The number of aryl methyl sites for hydroxylation is 1. The second-order valence-electron chi connectivity index (χ2n) is 5.58. The average Bonchev–Trinajstić information content (AvgIpc) is 2.59. The van der Waals surface area contributed by atoms with Gasteiger partial charge in [0.15, 0.2) is 0 Å². The quantitative estimate of drug-likeness (QED) is 0.673. The Hall–Kier alpha value is -2.65. The van der Waals surface area contributed by atoms with Gasteiger partial charge in [0.2, 0.25) is 0 Å². The van der Waals surface area contributed by atoms with Crippen LogP contribution in [0.4, 0.5) is 18.9 Å². The van der Waals surface area contributed by atoms with Crippen LogP contribution in [0.3, 0.4) is 0 Å². The molecule has 2 N–H and O–H groups in total. The molecule has 26 heavy (non-hydrogen) atoms. The number of anilines is 1.